The largest absolute Gasteiger partial charge is 0.497 e. The first kappa shape index (κ1) is 19.4. The minimum atomic E-state index is -0.271. The van der Waals surface area contributed by atoms with Crippen LogP contribution in [0.4, 0.5) is 0 Å². The summed E-state index contributed by atoms with van der Waals surface area (Å²) in [5.74, 6) is 0.881. The molecule has 1 saturated heterocycles. The molecule has 0 spiro atoms. The monoisotopic (exact) mass is 413 g/mol. The predicted molar refractivity (Wildman–Crippen MR) is 108 cm³/mol. The van der Waals surface area contributed by atoms with Crippen LogP contribution in [-0.4, -0.2) is 74.8 Å². The van der Waals surface area contributed by atoms with Crippen molar-refractivity contribution < 1.29 is 23.9 Å². The van der Waals surface area contributed by atoms with Gasteiger partial charge in [0.25, 0.3) is 0 Å². The van der Waals surface area contributed by atoms with Crippen molar-refractivity contribution in [2.45, 2.75) is 12.5 Å². The Morgan fingerprint density at radius 1 is 1.10 bits per heavy atom. The van der Waals surface area contributed by atoms with Crippen LogP contribution in [0, 0.1) is 29.6 Å². The van der Waals surface area contributed by atoms with Gasteiger partial charge < -0.3 is 19.2 Å². The lowest BCUT2D eigenvalue weighted by molar-refractivity contribution is -0.141. The number of carbonyl (C=O) groups excluding carboxylic acids is 2. The number of oxime groups is 1. The van der Waals surface area contributed by atoms with Crippen LogP contribution in [-0.2, 0) is 14.4 Å². The van der Waals surface area contributed by atoms with Gasteiger partial charge in [-0.3, -0.25) is 14.5 Å². The fraction of sp³-hybridized carbons (Fsp3) is 0.591. The smallest absolute Gasteiger partial charge is 0.233 e. The first-order chi connectivity index (χ1) is 14.5. The number of likely N-dealkylation sites (tertiary alicyclic amines) is 1. The molecule has 8 nitrogen and oxygen atoms in total. The summed E-state index contributed by atoms with van der Waals surface area (Å²) in [7, 11) is 7.13. The first-order valence-electron chi connectivity index (χ1n) is 10.4. The van der Waals surface area contributed by atoms with Crippen LogP contribution >= 0.6 is 0 Å². The molecule has 0 radical (unpaired) electrons. The Bertz CT molecular complexity index is 929. The van der Waals surface area contributed by atoms with E-state index < -0.39 is 0 Å². The number of likely N-dealkylation sites (N-methyl/N-ethyl adjacent to an activating group) is 1. The zero-order valence-electron chi connectivity index (χ0n) is 17.7. The summed E-state index contributed by atoms with van der Waals surface area (Å²) in [6.45, 7) is 1.11. The number of hydrogen-bond acceptors (Lipinski definition) is 7. The molecule has 2 saturated carbocycles. The number of carbonyl (C=O) groups is 2. The summed E-state index contributed by atoms with van der Waals surface area (Å²) in [4.78, 5) is 35.6. The molecule has 5 rings (SSSR count). The van der Waals surface area contributed by atoms with Gasteiger partial charge in [-0.25, -0.2) is 0 Å². The van der Waals surface area contributed by atoms with Crippen LogP contribution in [0.25, 0.3) is 0 Å². The van der Waals surface area contributed by atoms with E-state index >= 15 is 0 Å². The molecule has 6 atom stereocenters. The van der Waals surface area contributed by atoms with Gasteiger partial charge in [0.15, 0.2) is 0 Å². The second-order valence-electron chi connectivity index (χ2n) is 8.88. The molecule has 0 N–H and O–H groups in total. The Kier molecular flexibility index (Phi) is 4.50. The molecule has 0 aromatic heterocycles. The second kappa shape index (κ2) is 6.97. The van der Waals surface area contributed by atoms with Gasteiger partial charge in [0, 0.05) is 30.5 Å². The highest BCUT2D eigenvalue weighted by atomic mass is 16.6. The molecule has 2 aliphatic carbocycles. The van der Waals surface area contributed by atoms with E-state index in [0.717, 1.165) is 17.7 Å². The molecule has 2 bridgehead atoms. The van der Waals surface area contributed by atoms with Gasteiger partial charge in [-0.05, 0) is 44.6 Å². The quantitative estimate of drug-likeness (QED) is 0.653. The highest BCUT2D eigenvalue weighted by Crippen LogP contribution is 2.61. The molecule has 1 aromatic carbocycles. The SMILES string of the molecule is COc1ccc(OC)c(C2=NOC3C4CC(C23)C2C(=O)N(CCN(C)C)C(=O)C42)c1. The van der Waals surface area contributed by atoms with Crippen LogP contribution in [0.15, 0.2) is 23.4 Å². The zero-order valence-corrected chi connectivity index (χ0v) is 17.7. The van der Waals surface area contributed by atoms with Crippen molar-refractivity contribution in [1.82, 2.24) is 9.80 Å². The fourth-order valence-electron chi connectivity index (χ4n) is 5.94. The molecule has 3 fully saturated rings. The van der Waals surface area contributed by atoms with Crippen molar-refractivity contribution in [3.8, 4) is 11.5 Å². The van der Waals surface area contributed by atoms with E-state index in [9.17, 15) is 9.59 Å². The van der Waals surface area contributed by atoms with Crippen molar-refractivity contribution in [2.75, 3.05) is 41.4 Å². The topological polar surface area (TPSA) is 80.7 Å². The maximum absolute atomic E-state index is 13.2. The maximum Gasteiger partial charge on any atom is 0.233 e. The van der Waals surface area contributed by atoms with Crippen molar-refractivity contribution in [1.29, 1.82) is 0 Å². The van der Waals surface area contributed by atoms with Gasteiger partial charge in [0.05, 0.1) is 31.8 Å². The summed E-state index contributed by atoms with van der Waals surface area (Å²) in [5, 5.41) is 4.41. The van der Waals surface area contributed by atoms with Crippen LogP contribution in [0.2, 0.25) is 0 Å². The van der Waals surface area contributed by atoms with Crippen LogP contribution in [0.1, 0.15) is 12.0 Å². The van der Waals surface area contributed by atoms with E-state index in [1.54, 1.807) is 14.2 Å². The normalized spacial score (nSPS) is 33.6. The standard InChI is InChI=1S/C22H27N3O5/c1-24(2)7-8-25-21(26)16-13-10-14(17(16)22(25)27)20-18(13)19(23-30-20)12-9-11(28-3)5-6-15(12)29-4/h5-6,9,13-14,16-18,20H,7-8,10H2,1-4H3. The molecule has 2 aliphatic heterocycles. The lowest BCUT2D eigenvalue weighted by Gasteiger charge is -2.30. The maximum atomic E-state index is 13.2. The van der Waals surface area contributed by atoms with Crippen molar-refractivity contribution in [3.05, 3.63) is 23.8 Å². The summed E-state index contributed by atoms with van der Waals surface area (Å²) < 4.78 is 10.9. The molecule has 6 unspecified atom stereocenters. The molecule has 2 amide bonds. The summed E-state index contributed by atoms with van der Waals surface area (Å²) in [5.41, 5.74) is 1.63. The number of benzene rings is 1. The van der Waals surface area contributed by atoms with Crippen LogP contribution in [0.5, 0.6) is 11.5 Å². The van der Waals surface area contributed by atoms with Crippen molar-refractivity contribution >= 4 is 17.5 Å². The number of fused-ring (bicyclic) bond motifs is 8. The Morgan fingerprint density at radius 3 is 2.50 bits per heavy atom. The highest BCUT2D eigenvalue weighted by molar-refractivity contribution is 6.09. The van der Waals surface area contributed by atoms with Crippen LogP contribution < -0.4 is 9.47 Å². The average molecular weight is 413 g/mol. The Balaban J connectivity index is 1.45. The third-order valence-electron chi connectivity index (χ3n) is 7.24. The fourth-order valence-corrected chi connectivity index (χ4v) is 5.94. The lowest BCUT2D eigenvalue weighted by Crippen LogP contribution is -2.41. The molecule has 1 aromatic rings. The van der Waals surface area contributed by atoms with E-state index in [0.29, 0.717) is 24.6 Å². The zero-order chi connectivity index (χ0) is 21.2. The van der Waals surface area contributed by atoms with E-state index in [1.807, 2.05) is 37.2 Å². The molecular formula is C22H27N3O5. The Labute approximate surface area is 175 Å². The van der Waals surface area contributed by atoms with Gasteiger partial charge in [-0.15, -0.1) is 0 Å². The van der Waals surface area contributed by atoms with E-state index in [1.165, 1.54) is 4.90 Å². The highest BCUT2D eigenvalue weighted by Gasteiger charge is 2.70. The van der Waals surface area contributed by atoms with Crippen LogP contribution in [0.3, 0.4) is 0 Å². The first-order valence-corrected chi connectivity index (χ1v) is 10.4. The number of nitrogens with zero attached hydrogens (tertiary/aromatic N) is 3. The number of imide groups is 1. The molecule has 8 heteroatoms. The van der Waals surface area contributed by atoms with E-state index in [-0.39, 0.29) is 47.5 Å². The summed E-state index contributed by atoms with van der Waals surface area (Å²) in [6.07, 6.45) is 0.669. The summed E-state index contributed by atoms with van der Waals surface area (Å²) in [6, 6.07) is 5.60. The van der Waals surface area contributed by atoms with Crippen molar-refractivity contribution in [2.24, 2.45) is 34.7 Å². The molecule has 2 heterocycles. The Morgan fingerprint density at radius 2 is 1.83 bits per heavy atom. The molecule has 4 aliphatic rings. The van der Waals surface area contributed by atoms with E-state index in [4.69, 9.17) is 14.3 Å². The lowest BCUT2D eigenvalue weighted by atomic mass is 9.71. The number of methoxy groups -OCH3 is 2. The second-order valence-corrected chi connectivity index (χ2v) is 8.88. The molecule has 30 heavy (non-hydrogen) atoms. The summed E-state index contributed by atoms with van der Waals surface area (Å²) >= 11 is 0. The number of ether oxygens (including phenoxy) is 2. The number of amides is 2. The predicted octanol–water partition coefficient (Wildman–Crippen LogP) is 1.24. The van der Waals surface area contributed by atoms with Gasteiger partial charge in [0.2, 0.25) is 11.8 Å². The third kappa shape index (κ3) is 2.59. The van der Waals surface area contributed by atoms with Gasteiger partial charge in [-0.1, -0.05) is 5.16 Å². The van der Waals surface area contributed by atoms with Gasteiger partial charge in [-0.2, -0.15) is 0 Å². The number of hydrogen-bond donors (Lipinski definition) is 0. The minimum Gasteiger partial charge on any atom is -0.497 e. The molecule has 160 valence electrons. The van der Waals surface area contributed by atoms with Crippen molar-refractivity contribution in [3.63, 3.8) is 0 Å². The minimum absolute atomic E-state index is 0.0113. The Hall–Kier alpha value is -2.61. The number of rotatable bonds is 6. The van der Waals surface area contributed by atoms with Gasteiger partial charge in [0.1, 0.15) is 17.6 Å². The van der Waals surface area contributed by atoms with E-state index in [2.05, 4.69) is 5.16 Å². The molecular weight excluding hydrogens is 386 g/mol. The van der Waals surface area contributed by atoms with Gasteiger partial charge >= 0.3 is 0 Å². The third-order valence-corrected chi connectivity index (χ3v) is 7.24. The average Bonchev–Trinajstić information content (AvgIpc) is 3.47.